The number of furan rings is 1. The SMILES string of the molecule is Cc1oc(CN(C)CC(C)(C)C)cc1CNC(C)(C)C. The highest BCUT2D eigenvalue weighted by Crippen LogP contribution is 2.19. The van der Waals surface area contributed by atoms with Gasteiger partial charge in [0.05, 0.1) is 6.54 Å². The monoisotopic (exact) mass is 280 g/mol. The fraction of sp³-hybridized carbons (Fsp3) is 0.765. The van der Waals surface area contributed by atoms with Crippen LogP contribution in [-0.4, -0.2) is 24.0 Å². The quantitative estimate of drug-likeness (QED) is 0.885. The summed E-state index contributed by atoms with van der Waals surface area (Å²) in [7, 11) is 2.15. The van der Waals surface area contributed by atoms with E-state index in [4.69, 9.17) is 4.42 Å². The van der Waals surface area contributed by atoms with Crippen molar-refractivity contribution < 1.29 is 4.42 Å². The summed E-state index contributed by atoms with van der Waals surface area (Å²) in [6.45, 7) is 18.2. The molecule has 1 rings (SSSR count). The molecule has 0 saturated carbocycles. The first kappa shape index (κ1) is 17.3. The van der Waals surface area contributed by atoms with Crippen LogP contribution in [0.3, 0.4) is 0 Å². The molecule has 1 N–H and O–H groups in total. The summed E-state index contributed by atoms with van der Waals surface area (Å²) >= 11 is 0. The Morgan fingerprint density at radius 1 is 1.15 bits per heavy atom. The van der Waals surface area contributed by atoms with Gasteiger partial charge in [0, 0.05) is 24.2 Å². The second-order valence-corrected chi connectivity index (χ2v) is 8.13. The Hall–Kier alpha value is -0.800. The topological polar surface area (TPSA) is 28.4 Å². The summed E-state index contributed by atoms with van der Waals surface area (Å²) in [5.74, 6) is 2.08. The minimum absolute atomic E-state index is 0.132. The lowest BCUT2D eigenvalue weighted by Crippen LogP contribution is -2.35. The van der Waals surface area contributed by atoms with Crippen molar-refractivity contribution in [2.45, 2.75) is 67.1 Å². The van der Waals surface area contributed by atoms with E-state index in [0.717, 1.165) is 31.2 Å². The molecule has 0 atom stereocenters. The van der Waals surface area contributed by atoms with Crippen LogP contribution in [0.4, 0.5) is 0 Å². The van der Waals surface area contributed by atoms with Crippen LogP contribution < -0.4 is 5.32 Å². The van der Waals surface area contributed by atoms with Gasteiger partial charge in [0.2, 0.25) is 0 Å². The lowest BCUT2D eigenvalue weighted by atomic mass is 9.96. The van der Waals surface area contributed by atoms with Crippen molar-refractivity contribution in [2.75, 3.05) is 13.6 Å². The predicted molar refractivity (Wildman–Crippen MR) is 85.8 cm³/mol. The molecule has 0 unspecified atom stereocenters. The maximum Gasteiger partial charge on any atom is 0.118 e. The molecule has 0 aliphatic carbocycles. The standard InChI is InChI=1S/C17H32N2O/c1-13-14(10-18-17(5,6)7)9-15(20-13)11-19(8)12-16(2,3)4/h9,18H,10-12H2,1-8H3. The highest BCUT2D eigenvalue weighted by molar-refractivity contribution is 5.21. The predicted octanol–water partition coefficient (Wildman–Crippen LogP) is 3.95. The smallest absolute Gasteiger partial charge is 0.118 e. The van der Waals surface area contributed by atoms with Crippen molar-refractivity contribution in [2.24, 2.45) is 5.41 Å². The molecule has 0 saturated heterocycles. The Kier molecular flexibility index (Phi) is 5.45. The molecule has 116 valence electrons. The molecule has 0 spiro atoms. The molecule has 1 aromatic heterocycles. The molecule has 3 nitrogen and oxygen atoms in total. The largest absolute Gasteiger partial charge is 0.465 e. The van der Waals surface area contributed by atoms with Gasteiger partial charge in [-0.25, -0.2) is 0 Å². The van der Waals surface area contributed by atoms with Gasteiger partial charge < -0.3 is 9.73 Å². The van der Waals surface area contributed by atoms with Crippen molar-refractivity contribution in [3.8, 4) is 0 Å². The summed E-state index contributed by atoms with van der Waals surface area (Å²) in [6.07, 6.45) is 0. The third-order valence-electron chi connectivity index (χ3n) is 3.05. The Bertz CT molecular complexity index is 421. The van der Waals surface area contributed by atoms with E-state index < -0.39 is 0 Å². The van der Waals surface area contributed by atoms with Gasteiger partial charge in [-0.1, -0.05) is 20.8 Å². The Morgan fingerprint density at radius 3 is 2.25 bits per heavy atom. The number of nitrogens with one attached hydrogen (secondary N) is 1. The summed E-state index contributed by atoms with van der Waals surface area (Å²) < 4.78 is 5.88. The summed E-state index contributed by atoms with van der Waals surface area (Å²) in [5, 5.41) is 3.51. The zero-order chi connectivity index (χ0) is 15.6. The maximum atomic E-state index is 5.88. The average Bonchev–Trinajstić information content (AvgIpc) is 2.51. The third kappa shape index (κ3) is 6.58. The Balaban J connectivity index is 2.61. The second kappa shape index (κ2) is 6.31. The average molecular weight is 280 g/mol. The van der Waals surface area contributed by atoms with Crippen LogP contribution in [0.25, 0.3) is 0 Å². The highest BCUT2D eigenvalue weighted by atomic mass is 16.3. The third-order valence-corrected chi connectivity index (χ3v) is 3.05. The van der Waals surface area contributed by atoms with Gasteiger partial charge in [-0.15, -0.1) is 0 Å². The molecule has 0 aliphatic rings. The van der Waals surface area contributed by atoms with Crippen LogP contribution in [0, 0.1) is 12.3 Å². The summed E-state index contributed by atoms with van der Waals surface area (Å²) in [5.41, 5.74) is 1.71. The van der Waals surface area contributed by atoms with Crippen molar-refractivity contribution in [1.82, 2.24) is 10.2 Å². The van der Waals surface area contributed by atoms with Crippen LogP contribution in [0.5, 0.6) is 0 Å². The molecule has 0 amide bonds. The first-order valence-corrected chi connectivity index (χ1v) is 7.48. The van der Waals surface area contributed by atoms with E-state index >= 15 is 0 Å². The fourth-order valence-electron chi connectivity index (χ4n) is 2.33. The number of nitrogens with zero attached hydrogens (tertiary/aromatic N) is 1. The lowest BCUT2D eigenvalue weighted by Gasteiger charge is -2.25. The second-order valence-electron chi connectivity index (χ2n) is 8.13. The first-order valence-electron chi connectivity index (χ1n) is 7.48. The molecule has 0 aliphatic heterocycles. The van der Waals surface area contributed by atoms with Crippen LogP contribution in [-0.2, 0) is 13.1 Å². The van der Waals surface area contributed by atoms with E-state index in [1.165, 1.54) is 5.56 Å². The van der Waals surface area contributed by atoms with Crippen LogP contribution in [0.15, 0.2) is 10.5 Å². The van der Waals surface area contributed by atoms with Gasteiger partial charge in [0.1, 0.15) is 11.5 Å². The van der Waals surface area contributed by atoms with Gasteiger partial charge in [0.25, 0.3) is 0 Å². The summed E-state index contributed by atoms with van der Waals surface area (Å²) in [6, 6.07) is 2.19. The molecular weight excluding hydrogens is 248 g/mol. The number of hydrogen-bond donors (Lipinski definition) is 1. The van der Waals surface area contributed by atoms with Crippen molar-refractivity contribution in [3.05, 3.63) is 23.2 Å². The van der Waals surface area contributed by atoms with Gasteiger partial charge in [-0.05, 0) is 46.2 Å². The molecule has 1 heterocycles. The molecule has 20 heavy (non-hydrogen) atoms. The molecule has 0 bridgehead atoms. The summed E-state index contributed by atoms with van der Waals surface area (Å²) in [4.78, 5) is 2.32. The Morgan fingerprint density at radius 2 is 1.75 bits per heavy atom. The van der Waals surface area contributed by atoms with Crippen molar-refractivity contribution >= 4 is 0 Å². The van der Waals surface area contributed by atoms with E-state index in [-0.39, 0.29) is 5.54 Å². The molecule has 3 heteroatoms. The highest BCUT2D eigenvalue weighted by Gasteiger charge is 2.16. The normalized spacial score (nSPS) is 13.2. The molecule has 1 aromatic rings. The van der Waals surface area contributed by atoms with Crippen LogP contribution >= 0.6 is 0 Å². The maximum absolute atomic E-state index is 5.88. The number of hydrogen-bond acceptors (Lipinski definition) is 3. The molecule has 0 fully saturated rings. The van der Waals surface area contributed by atoms with E-state index in [9.17, 15) is 0 Å². The van der Waals surface area contributed by atoms with E-state index in [2.05, 4.69) is 64.9 Å². The van der Waals surface area contributed by atoms with E-state index in [1.807, 2.05) is 6.92 Å². The Labute approximate surface area is 124 Å². The molecule has 0 radical (unpaired) electrons. The van der Waals surface area contributed by atoms with E-state index in [0.29, 0.717) is 5.41 Å². The molecular formula is C17H32N2O. The number of rotatable bonds is 5. The fourth-order valence-corrected chi connectivity index (χ4v) is 2.33. The van der Waals surface area contributed by atoms with Crippen molar-refractivity contribution in [3.63, 3.8) is 0 Å². The van der Waals surface area contributed by atoms with Gasteiger partial charge >= 0.3 is 0 Å². The minimum Gasteiger partial charge on any atom is -0.465 e. The number of aryl methyl sites for hydroxylation is 1. The van der Waals surface area contributed by atoms with E-state index in [1.54, 1.807) is 0 Å². The van der Waals surface area contributed by atoms with Gasteiger partial charge in [0.15, 0.2) is 0 Å². The zero-order valence-corrected chi connectivity index (χ0v) is 14.6. The van der Waals surface area contributed by atoms with Gasteiger partial charge in [-0.3, -0.25) is 4.90 Å². The van der Waals surface area contributed by atoms with Gasteiger partial charge in [-0.2, -0.15) is 0 Å². The molecule has 0 aromatic carbocycles. The lowest BCUT2D eigenvalue weighted by molar-refractivity contribution is 0.207. The van der Waals surface area contributed by atoms with Crippen LogP contribution in [0.2, 0.25) is 0 Å². The zero-order valence-electron chi connectivity index (χ0n) is 14.6. The first-order chi connectivity index (χ1) is 8.96. The van der Waals surface area contributed by atoms with Crippen molar-refractivity contribution in [1.29, 1.82) is 0 Å². The minimum atomic E-state index is 0.132. The van der Waals surface area contributed by atoms with Crippen LogP contribution in [0.1, 0.15) is 58.6 Å².